The Morgan fingerprint density at radius 2 is 1.54 bits per heavy atom. The van der Waals surface area contributed by atoms with Gasteiger partial charge in [0.25, 0.3) is 0 Å². The summed E-state index contributed by atoms with van der Waals surface area (Å²) in [6, 6.07) is 10.1. The predicted molar refractivity (Wildman–Crippen MR) is 92.6 cm³/mol. The van der Waals surface area contributed by atoms with Crippen LogP contribution in [0.4, 0.5) is 0 Å². The smallest absolute Gasteiger partial charge is 0.231 e. The van der Waals surface area contributed by atoms with Crippen LogP contribution in [0.2, 0.25) is 0 Å². The van der Waals surface area contributed by atoms with Crippen LogP contribution in [0.3, 0.4) is 0 Å². The summed E-state index contributed by atoms with van der Waals surface area (Å²) >= 11 is 3.63. The van der Waals surface area contributed by atoms with Crippen LogP contribution in [0.25, 0.3) is 0 Å². The Hall–Kier alpha value is -1.92. The number of ether oxygens (including phenoxy) is 4. The van der Waals surface area contributed by atoms with Gasteiger partial charge in [0.05, 0.1) is 0 Å². The molecule has 5 nitrogen and oxygen atoms in total. The van der Waals surface area contributed by atoms with Crippen molar-refractivity contribution in [3.63, 3.8) is 0 Å². The van der Waals surface area contributed by atoms with E-state index < -0.39 is 0 Å². The average molecular weight is 392 g/mol. The molecule has 0 saturated carbocycles. The van der Waals surface area contributed by atoms with Gasteiger partial charge in [-0.1, -0.05) is 28.9 Å². The molecule has 0 radical (unpaired) electrons. The zero-order valence-corrected chi connectivity index (χ0v) is 15.0. The van der Waals surface area contributed by atoms with Crippen molar-refractivity contribution < 1.29 is 18.9 Å². The highest BCUT2D eigenvalue weighted by molar-refractivity contribution is 9.10. The van der Waals surface area contributed by atoms with Gasteiger partial charge in [-0.25, -0.2) is 0 Å². The van der Waals surface area contributed by atoms with E-state index in [1.165, 1.54) is 11.1 Å². The third-order valence-corrected chi connectivity index (χ3v) is 4.96. The average Bonchev–Trinajstić information content (AvgIpc) is 3.22. The molecule has 0 atom stereocenters. The summed E-state index contributed by atoms with van der Waals surface area (Å²) in [4.78, 5) is 2.36. The lowest BCUT2D eigenvalue weighted by atomic mass is 10.1. The van der Waals surface area contributed by atoms with Gasteiger partial charge in [-0.3, -0.25) is 4.90 Å². The third-order valence-electron chi connectivity index (χ3n) is 4.23. The van der Waals surface area contributed by atoms with Crippen LogP contribution in [0, 0.1) is 0 Å². The largest absolute Gasteiger partial charge is 0.454 e. The fourth-order valence-electron chi connectivity index (χ4n) is 2.90. The first-order valence-corrected chi connectivity index (χ1v) is 8.71. The summed E-state index contributed by atoms with van der Waals surface area (Å²) in [5, 5.41) is 0. The van der Waals surface area contributed by atoms with E-state index in [1.807, 2.05) is 12.1 Å². The fraction of sp³-hybridized carbons (Fsp3) is 0.333. The summed E-state index contributed by atoms with van der Waals surface area (Å²) in [5.74, 6) is 3.25. The van der Waals surface area contributed by atoms with E-state index in [-0.39, 0.29) is 0 Å². The van der Waals surface area contributed by atoms with Crippen LogP contribution in [-0.2, 0) is 13.1 Å². The van der Waals surface area contributed by atoms with Gasteiger partial charge in [0.1, 0.15) is 0 Å². The molecule has 2 aromatic rings. The number of hydrogen-bond acceptors (Lipinski definition) is 5. The van der Waals surface area contributed by atoms with Crippen molar-refractivity contribution in [2.75, 3.05) is 20.1 Å². The summed E-state index contributed by atoms with van der Waals surface area (Å²) in [6.45, 7) is 5.36. The van der Waals surface area contributed by atoms with Crippen molar-refractivity contribution in [3.8, 4) is 23.0 Å². The van der Waals surface area contributed by atoms with Gasteiger partial charge in [0.15, 0.2) is 23.0 Å². The summed E-state index contributed by atoms with van der Waals surface area (Å²) < 4.78 is 22.8. The van der Waals surface area contributed by atoms with Crippen molar-refractivity contribution in [1.29, 1.82) is 0 Å². The maximum absolute atomic E-state index is 5.49. The number of halogens is 1. The maximum Gasteiger partial charge on any atom is 0.231 e. The van der Waals surface area contributed by atoms with Gasteiger partial charge in [0.2, 0.25) is 13.6 Å². The highest BCUT2D eigenvalue weighted by Crippen LogP contribution is 2.37. The van der Waals surface area contributed by atoms with E-state index in [9.17, 15) is 0 Å². The lowest BCUT2D eigenvalue weighted by Gasteiger charge is -2.21. The van der Waals surface area contributed by atoms with E-state index in [0.717, 1.165) is 47.1 Å². The van der Waals surface area contributed by atoms with Crippen molar-refractivity contribution in [2.45, 2.75) is 20.0 Å². The monoisotopic (exact) mass is 391 g/mol. The molecule has 2 heterocycles. The van der Waals surface area contributed by atoms with Crippen molar-refractivity contribution >= 4 is 15.9 Å². The first-order chi connectivity index (χ1) is 11.7. The molecule has 126 valence electrons. The third kappa shape index (κ3) is 3.03. The molecule has 0 aliphatic carbocycles. The van der Waals surface area contributed by atoms with Gasteiger partial charge < -0.3 is 18.9 Å². The summed E-state index contributed by atoms with van der Waals surface area (Å²) in [7, 11) is 0. The lowest BCUT2D eigenvalue weighted by Crippen LogP contribution is -2.22. The molecular formula is C18H18BrNO4. The van der Waals surface area contributed by atoms with Crippen LogP contribution >= 0.6 is 15.9 Å². The van der Waals surface area contributed by atoms with Crippen molar-refractivity contribution in [1.82, 2.24) is 4.90 Å². The quantitative estimate of drug-likeness (QED) is 0.771. The van der Waals surface area contributed by atoms with E-state index in [1.54, 1.807) is 0 Å². The zero-order valence-electron chi connectivity index (χ0n) is 13.4. The van der Waals surface area contributed by atoms with E-state index in [4.69, 9.17) is 18.9 Å². The van der Waals surface area contributed by atoms with Crippen LogP contribution in [0.5, 0.6) is 23.0 Å². The highest BCUT2D eigenvalue weighted by atomic mass is 79.9. The molecule has 2 aliphatic heterocycles. The normalized spacial score (nSPS) is 14.5. The molecule has 0 saturated heterocycles. The molecular weight excluding hydrogens is 374 g/mol. The summed E-state index contributed by atoms with van der Waals surface area (Å²) in [6.07, 6.45) is 0. The molecule has 0 aromatic heterocycles. The topological polar surface area (TPSA) is 40.2 Å². The van der Waals surface area contributed by atoms with Crippen molar-refractivity contribution in [3.05, 3.63) is 45.9 Å². The minimum Gasteiger partial charge on any atom is -0.454 e. The maximum atomic E-state index is 5.49. The first kappa shape index (κ1) is 15.6. The van der Waals surface area contributed by atoms with Crippen molar-refractivity contribution in [2.24, 2.45) is 0 Å². The van der Waals surface area contributed by atoms with Crippen LogP contribution in [-0.4, -0.2) is 25.0 Å². The van der Waals surface area contributed by atoms with E-state index >= 15 is 0 Å². The Morgan fingerprint density at radius 1 is 0.875 bits per heavy atom. The molecule has 0 N–H and O–H groups in total. The number of fused-ring (bicyclic) bond motifs is 2. The number of hydrogen-bond donors (Lipinski definition) is 0. The molecule has 0 spiro atoms. The minimum absolute atomic E-state index is 0.292. The zero-order chi connectivity index (χ0) is 16.5. The molecule has 0 amide bonds. The van der Waals surface area contributed by atoms with Crippen LogP contribution < -0.4 is 18.9 Å². The Labute approximate surface area is 149 Å². The second-order valence-electron chi connectivity index (χ2n) is 5.79. The minimum atomic E-state index is 0.292. The first-order valence-electron chi connectivity index (χ1n) is 7.92. The molecule has 6 heteroatoms. The molecule has 0 fully saturated rings. The SMILES string of the molecule is CCN(Cc1ccc2c(c1)OCO2)Cc1cc2c(cc1Br)OCO2. The lowest BCUT2D eigenvalue weighted by molar-refractivity contribution is 0.173. The van der Waals surface area contributed by atoms with E-state index in [0.29, 0.717) is 13.6 Å². The number of rotatable bonds is 5. The predicted octanol–water partition coefficient (Wildman–Crippen LogP) is 3.93. The van der Waals surface area contributed by atoms with Crippen LogP contribution in [0.15, 0.2) is 34.8 Å². The molecule has 0 bridgehead atoms. The molecule has 24 heavy (non-hydrogen) atoms. The van der Waals surface area contributed by atoms with E-state index in [2.05, 4.69) is 46.0 Å². The second kappa shape index (κ2) is 6.53. The molecule has 4 rings (SSSR count). The molecule has 2 aliphatic rings. The van der Waals surface area contributed by atoms with Gasteiger partial charge in [-0.15, -0.1) is 0 Å². The standard InChI is InChI=1S/C18H18BrNO4/c1-2-20(8-12-3-4-15-16(5-12)22-10-21-15)9-13-6-17-18(7-14(13)19)24-11-23-17/h3-7H,2,8-11H2,1H3. The molecule has 2 aromatic carbocycles. The number of benzene rings is 2. The molecule has 0 unspecified atom stereocenters. The highest BCUT2D eigenvalue weighted by Gasteiger charge is 2.18. The summed E-state index contributed by atoms with van der Waals surface area (Å²) in [5.41, 5.74) is 2.39. The Morgan fingerprint density at radius 3 is 2.29 bits per heavy atom. The number of nitrogens with zero attached hydrogens (tertiary/aromatic N) is 1. The Balaban J connectivity index is 1.50. The van der Waals surface area contributed by atoms with Gasteiger partial charge in [-0.2, -0.15) is 0 Å². The Bertz CT molecular complexity index is 765. The van der Waals surface area contributed by atoms with Gasteiger partial charge >= 0.3 is 0 Å². The Kier molecular flexibility index (Phi) is 4.24. The van der Waals surface area contributed by atoms with Crippen LogP contribution in [0.1, 0.15) is 18.1 Å². The van der Waals surface area contributed by atoms with Gasteiger partial charge in [-0.05, 0) is 41.9 Å². The second-order valence-corrected chi connectivity index (χ2v) is 6.64. The fourth-order valence-corrected chi connectivity index (χ4v) is 3.35. The van der Waals surface area contributed by atoms with Gasteiger partial charge in [0, 0.05) is 17.6 Å².